The molecule has 2 nitrogen and oxygen atoms in total. The lowest BCUT2D eigenvalue weighted by Crippen LogP contribution is -2.31. The molecule has 4 unspecified atom stereocenters. The summed E-state index contributed by atoms with van der Waals surface area (Å²) >= 11 is 5.91. The van der Waals surface area contributed by atoms with E-state index < -0.39 is 0 Å². The largest absolute Gasteiger partial charge is 0.374 e. The highest BCUT2D eigenvalue weighted by Crippen LogP contribution is 2.48. The Bertz CT molecular complexity index is 378. The molecule has 0 amide bonds. The third kappa shape index (κ3) is 1.56. The SMILES string of the molecule is NCC1C2CCC(O2)C1c1ccc(Cl)cc1. The van der Waals surface area contributed by atoms with Crippen molar-refractivity contribution in [2.75, 3.05) is 6.54 Å². The normalized spacial score (nSPS) is 36.9. The van der Waals surface area contributed by atoms with Gasteiger partial charge in [-0.2, -0.15) is 0 Å². The Balaban J connectivity index is 1.91. The topological polar surface area (TPSA) is 35.2 Å². The Hall–Kier alpha value is -0.570. The number of hydrogen-bond donors (Lipinski definition) is 1. The van der Waals surface area contributed by atoms with Crippen molar-refractivity contribution >= 4 is 11.6 Å². The van der Waals surface area contributed by atoms with E-state index in [4.69, 9.17) is 22.1 Å². The number of halogens is 1. The van der Waals surface area contributed by atoms with Crippen LogP contribution in [0.3, 0.4) is 0 Å². The molecule has 0 radical (unpaired) electrons. The Morgan fingerprint density at radius 3 is 2.56 bits per heavy atom. The third-order valence-electron chi connectivity index (χ3n) is 3.95. The Kier molecular flexibility index (Phi) is 2.66. The first-order valence-electron chi connectivity index (χ1n) is 5.90. The molecule has 2 fully saturated rings. The van der Waals surface area contributed by atoms with Crippen LogP contribution in [0.1, 0.15) is 24.3 Å². The average molecular weight is 238 g/mol. The molecule has 3 heteroatoms. The van der Waals surface area contributed by atoms with Gasteiger partial charge >= 0.3 is 0 Å². The van der Waals surface area contributed by atoms with Gasteiger partial charge < -0.3 is 10.5 Å². The third-order valence-corrected chi connectivity index (χ3v) is 4.20. The van der Waals surface area contributed by atoms with Crippen LogP contribution in [0, 0.1) is 5.92 Å². The summed E-state index contributed by atoms with van der Waals surface area (Å²) in [5.74, 6) is 0.959. The van der Waals surface area contributed by atoms with E-state index in [1.807, 2.05) is 12.1 Å². The smallest absolute Gasteiger partial charge is 0.0652 e. The number of rotatable bonds is 2. The van der Waals surface area contributed by atoms with E-state index >= 15 is 0 Å². The molecule has 0 spiro atoms. The molecule has 4 atom stereocenters. The van der Waals surface area contributed by atoms with Crippen molar-refractivity contribution in [1.29, 1.82) is 0 Å². The van der Waals surface area contributed by atoms with E-state index in [0.29, 0.717) is 30.6 Å². The van der Waals surface area contributed by atoms with Crippen LogP contribution in [0.5, 0.6) is 0 Å². The van der Waals surface area contributed by atoms with Crippen molar-refractivity contribution in [2.45, 2.75) is 31.0 Å². The van der Waals surface area contributed by atoms with Crippen molar-refractivity contribution in [3.05, 3.63) is 34.9 Å². The fourth-order valence-corrected chi connectivity index (χ4v) is 3.35. The number of benzene rings is 1. The maximum absolute atomic E-state index is 5.96. The Morgan fingerprint density at radius 1 is 1.19 bits per heavy atom. The van der Waals surface area contributed by atoms with E-state index in [0.717, 1.165) is 5.02 Å². The lowest BCUT2D eigenvalue weighted by atomic mass is 9.75. The van der Waals surface area contributed by atoms with E-state index in [-0.39, 0.29) is 0 Å². The molecular formula is C13H16ClNO. The standard InChI is InChI=1S/C13H16ClNO/c14-9-3-1-8(2-4-9)13-10(7-15)11-5-6-12(13)16-11/h1-4,10-13H,5-7,15H2. The molecule has 86 valence electrons. The van der Waals surface area contributed by atoms with Gasteiger partial charge in [0.2, 0.25) is 0 Å². The Labute approximate surface area is 101 Å². The molecule has 2 bridgehead atoms. The second kappa shape index (κ2) is 4.02. The monoisotopic (exact) mass is 237 g/mol. The molecule has 2 heterocycles. The first kappa shape index (κ1) is 10.6. The first-order valence-corrected chi connectivity index (χ1v) is 6.28. The van der Waals surface area contributed by atoms with Crippen LogP contribution >= 0.6 is 11.6 Å². The second-order valence-corrected chi connectivity index (χ2v) is 5.20. The second-order valence-electron chi connectivity index (χ2n) is 4.77. The molecule has 1 aromatic rings. The molecule has 2 aliphatic heterocycles. The van der Waals surface area contributed by atoms with Gasteiger partial charge in [-0.25, -0.2) is 0 Å². The van der Waals surface area contributed by atoms with Crippen molar-refractivity contribution in [1.82, 2.24) is 0 Å². The lowest BCUT2D eigenvalue weighted by molar-refractivity contribution is 0.0918. The van der Waals surface area contributed by atoms with E-state index in [1.54, 1.807) is 0 Å². The van der Waals surface area contributed by atoms with E-state index in [1.165, 1.54) is 18.4 Å². The van der Waals surface area contributed by atoms with Gasteiger partial charge in [0.1, 0.15) is 0 Å². The highest BCUT2D eigenvalue weighted by atomic mass is 35.5. The summed E-state index contributed by atoms with van der Waals surface area (Å²) in [7, 11) is 0. The van der Waals surface area contributed by atoms with Gasteiger partial charge in [-0.05, 0) is 37.1 Å². The van der Waals surface area contributed by atoms with Crippen LogP contribution in [0.25, 0.3) is 0 Å². The molecule has 3 rings (SSSR count). The minimum absolute atomic E-state index is 0.375. The predicted molar refractivity (Wildman–Crippen MR) is 64.6 cm³/mol. The van der Waals surface area contributed by atoms with Crippen molar-refractivity contribution in [3.63, 3.8) is 0 Å². The van der Waals surface area contributed by atoms with E-state index in [2.05, 4.69) is 12.1 Å². The minimum atomic E-state index is 0.375. The lowest BCUT2D eigenvalue weighted by Gasteiger charge is -2.27. The van der Waals surface area contributed by atoms with Crippen molar-refractivity contribution < 1.29 is 4.74 Å². The number of hydrogen-bond acceptors (Lipinski definition) is 2. The summed E-state index contributed by atoms with van der Waals surface area (Å²) in [5, 5.41) is 0.789. The molecule has 16 heavy (non-hydrogen) atoms. The summed E-state index contributed by atoms with van der Waals surface area (Å²) in [4.78, 5) is 0. The zero-order valence-electron chi connectivity index (χ0n) is 9.10. The maximum atomic E-state index is 5.96. The fourth-order valence-electron chi connectivity index (χ4n) is 3.22. The molecule has 1 aromatic carbocycles. The molecule has 2 N–H and O–H groups in total. The average Bonchev–Trinajstić information content (AvgIpc) is 2.89. The van der Waals surface area contributed by atoms with Crippen LogP contribution in [-0.4, -0.2) is 18.8 Å². The van der Waals surface area contributed by atoms with Gasteiger partial charge in [-0.1, -0.05) is 23.7 Å². The van der Waals surface area contributed by atoms with E-state index in [9.17, 15) is 0 Å². The number of fused-ring (bicyclic) bond motifs is 2. The van der Waals surface area contributed by atoms with Gasteiger partial charge in [0, 0.05) is 16.9 Å². The molecule has 0 aromatic heterocycles. The maximum Gasteiger partial charge on any atom is 0.0652 e. The quantitative estimate of drug-likeness (QED) is 0.858. The summed E-state index contributed by atoms with van der Waals surface area (Å²) in [5.41, 5.74) is 7.20. The fraction of sp³-hybridized carbons (Fsp3) is 0.538. The summed E-state index contributed by atoms with van der Waals surface area (Å²) < 4.78 is 5.96. The van der Waals surface area contributed by atoms with Crippen LogP contribution in [-0.2, 0) is 4.74 Å². The predicted octanol–water partition coefficient (Wildman–Crippen LogP) is 2.56. The summed E-state index contributed by atoms with van der Waals surface area (Å²) in [6.45, 7) is 0.717. The molecule has 0 aliphatic carbocycles. The number of nitrogens with two attached hydrogens (primary N) is 1. The molecule has 2 aliphatic rings. The molecule has 0 saturated carbocycles. The van der Waals surface area contributed by atoms with Crippen LogP contribution in [0.2, 0.25) is 5.02 Å². The Morgan fingerprint density at radius 2 is 1.88 bits per heavy atom. The zero-order chi connectivity index (χ0) is 11.1. The first-order chi connectivity index (χ1) is 7.79. The van der Waals surface area contributed by atoms with Crippen molar-refractivity contribution in [3.8, 4) is 0 Å². The molecular weight excluding hydrogens is 222 g/mol. The van der Waals surface area contributed by atoms with Gasteiger partial charge in [0.05, 0.1) is 12.2 Å². The summed E-state index contributed by atoms with van der Waals surface area (Å²) in [6, 6.07) is 8.13. The zero-order valence-corrected chi connectivity index (χ0v) is 9.86. The van der Waals surface area contributed by atoms with Crippen LogP contribution in [0.15, 0.2) is 24.3 Å². The highest BCUT2D eigenvalue weighted by molar-refractivity contribution is 6.30. The van der Waals surface area contributed by atoms with Crippen molar-refractivity contribution in [2.24, 2.45) is 11.7 Å². The number of ether oxygens (including phenoxy) is 1. The van der Waals surface area contributed by atoms with Gasteiger partial charge in [-0.3, -0.25) is 0 Å². The highest BCUT2D eigenvalue weighted by Gasteiger charge is 2.48. The van der Waals surface area contributed by atoms with Crippen LogP contribution < -0.4 is 5.73 Å². The van der Waals surface area contributed by atoms with Gasteiger partial charge in [0.25, 0.3) is 0 Å². The summed E-state index contributed by atoms with van der Waals surface area (Å²) in [6.07, 6.45) is 3.11. The van der Waals surface area contributed by atoms with Gasteiger partial charge in [-0.15, -0.1) is 0 Å². The minimum Gasteiger partial charge on any atom is -0.374 e. The van der Waals surface area contributed by atoms with Gasteiger partial charge in [0.15, 0.2) is 0 Å². The molecule has 2 saturated heterocycles. The van der Waals surface area contributed by atoms with Crippen LogP contribution in [0.4, 0.5) is 0 Å².